The molecular weight excluding hydrogens is 262 g/mol. The third-order valence-electron chi connectivity index (χ3n) is 2.90. The SMILES string of the molecule is CC1CCC(=O)CC1c1sncc1Br. The van der Waals surface area contributed by atoms with Gasteiger partial charge < -0.3 is 0 Å². The van der Waals surface area contributed by atoms with Crippen molar-refractivity contribution >= 4 is 33.2 Å². The molecule has 1 aromatic rings. The highest BCUT2D eigenvalue weighted by Gasteiger charge is 2.29. The molecule has 76 valence electrons. The maximum atomic E-state index is 11.4. The van der Waals surface area contributed by atoms with E-state index < -0.39 is 0 Å². The lowest BCUT2D eigenvalue weighted by atomic mass is 9.79. The van der Waals surface area contributed by atoms with Gasteiger partial charge >= 0.3 is 0 Å². The van der Waals surface area contributed by atoms with Crippen LogP contribution in [-0.2, 0) is 4.79 Å². The molecule has 1 aromatic heterocycles. The largest absolute Gasteiger partial charge is 0.300 e. The first kappa shape index (κ1) is 10.3. The van der Waals surface area contributed by atoms with Crippen molar-refractivity contribution in [2.75, 3.05) is 0 Å². The summed E-state index contributed by atoms with van der Waals surface area (Å²) in [6.07, 6.45) is 4.30. The average Bonchev–Trinajstić information content (AvgIpc) is 2.56. The summed E-state index contributed by atoms with van der Waals surface area (Å²) in [5, 5.41) is 0. The Morgan fingerprint density at radius 1 is 1.64 bits per heavy atom. The fraction of sp³-hybridized carbons (Fsp3) is 0.600. The number of hydrogen-bond donors (Lipinski definition) is 0. The van der Waals surface area contributed by atoms with Crippen LogP contribution in [0.4, 0.5) is 0 Å². The van der Waals surface area contributed by atoms with E-state index in [0.29, 0.717) is 24.0 Å². The van der Waals surface area contributed by atoms with Crippen molar-refractivity contribution in [2.24, 2.45) is 5.92 Å². The highest BCUT2D eigenvalue weighted by molar-refractivity contribution is 9.10. The van der Waals surface area contributed by atoms with E-state index in [9.17, 15) is 4.79 Å². The molecular formula is C10H12BrNOS. The summed E-state index contributed by atoms with van der Waals surface area (Å²) < 4.78 is 5.20. The van der Waals surface area contributed by atoms with E-state index in [1.165, 1.54) is 16.4 Å². The smallest absolute Gasteiger partial charge is 0.133 e. The Bertz CT molecular complexity index is 350. The molecule has 2 atom stereocenters. The van der Waals surface area contributed by atoms with Crippen LogP contribution < -0.4 is 0 Å². The van der Waals surface area contributed by atoms with Crippen LogP contribution in [0.5, 0.6) is 0 Å². The standard InChI is InChI=1S/C10H12BrNOS/c1-6-2-3-7(13)4-8(6)10-9(11)5-12-14-10/h5-6,8H,2-4H2,1H3. The van der Waals surface area contributed by atoms with Gasteiger partial charge in [0, 0.05) is 23.6 Å². The molecule has 0 amide bonds. The van der Waals surface area contributed by atoms with E-state index in [1.807, 2.05) is 6.20 Å². The number of halogens is 1. The van der Waals surface area contributed by atoms with Crippen LogP contribution in [0.2, 0.25) is 0 Å². The van der Waals surface area contributed by atoms with Crippen molar-refractivity contribution in [1.82, 2.24) is 4.37 Å². The van der Waals surface area contributed by atoms with Crippen molar-refractivity contribution in [3.8, 4) is 0 Å². The molecule has 2 unspecified atom stereocenters. The Balaban J connectivity index is 2.24. The molecule has 1 heterocycles. The van der Waals surface area contributed by atoms with Crippen molar-refractivity contribution in [2.45, 2.75) is 32.1 Å². The molecule has 0 N–H and O–H groups in total. The summed E-state index contributed by atoms with van der Waals surface area (Å²) in [6.45, 7) is 2.23. The second kappa shape index (κ2) is 4.11. The summed E-state index contributed by atoms with van der Waals surface area (Å²) in [5.41, 5.74) is 0. The van der Waals surface area contributed by atoms with Crippen molar-refractivity contribution < 1.29 is 4.79 Å². The lowest BCUT2D eigenvalue weighted by Gasteiger charge is -2.26. The number of carbonyl (C=O) groups is 1. The summed E-state index contributed by atoms with van der Waals surface area (Å²) >= 11 is 5.00. The topological polar surface area (TPSA) is 30.0 Å². The first-order chi connectivity index (χ1) is 6.68. The van der Waals surface area contributed by atoms with E-state index in [0.717, 1.165) is 17.3 Å². The second-order valence-electron chi connectivity index (χ2n) is 3.90. The summed E-state index contributed by atoms with van der Waals surface area (Å²) in [4.78, 5) is 12.6. The number of ketones is 1. The molecule has 0 spiro atoms. The Morgan fingerprint density at radius 3 is 3.07 bits per heavy atom. The highest BCUT2D eigenvalue weighted by atomic mass is 79.9. The first-order valence-electron chi connectivity index (χ1n) is 4.80. The van der Waals surface area contributed by atoms with Crippen molar-refractivity contribution in [3.63, 3.8) is 0 Å². The number of carbonyl (C=O) groups excluding carboxylic acids is 1. The van der Waals surface area contributed by atoms with Crippen LogP contribution in [0.25, 0.3) is 0 Å². The number of nitrogens with zero attached hydrogens (tertiary/aromatic N) is 1. The molecule has 0 saturated heterocycles. The van der Waals surface area contributed by atoms with E-state index in [-0.39, 0.29) is 0 Å². The van der Waals surface area contributed by atoms with Gasteiger partial charge in [0.2, 0.25) is 0 Å². The Morgan fingerprint density at radius 2 is 2.43 bits per heavy atom. The summed E-state index contributed by atoms with van der Waals surface area (Å²) in [6, 6.07) is 0. The zero-order valence-corrected chi connectivity index (χ0v) is 10.4. The van der Waals surface area contributed by atoms with Gasteiger partial charge in [-0.05, 0) is 39.8 Å². The normalized spacial score (nSPS) is 28.0. The van der Waals surface area contributed by atoms with Gasteiger partial charge in [-0.15, -0.1) is 0 Å². The van der Waals surface area contributed by atoms with Crippen LogP contribution in [0, 0.1) is 5.92 Å². The molecule has 0 radical (unpaired) electrons. The first-order valence-corrected chi connectivity index (χ1v) is 6.37. The molecule has 1 fully saturated rings. The highest BCUT2D eigenvalue weighted by Crippen LogP contribution is 2.40. The number of rotatable bonds is 1. The number of aromatic nitrogens is 1. The van der Waals surface area contributed by atoms with Gasteiger partial charge in [0.15, 0.2) is 0 Å². The third-order valence-corrected chi connectivity index (χ3v) is 4.73. The molecule has 1 saturated carbocycles. The predicted molar refractivity (Wildman–Crippen MR) is 60.6 cm³/mol. The molecule has 0 aromatic carbocycles. The van der Waals surface area contributed by atoms with Crippen LogP contribution in [-0.4, -0.2) is 10.2 Å². The average molecular weight is 274 g/mol. The van der Waals surface area contributed by atoms with E-state index in [2.05, 4.69) is 27.2 Å². The fourth-order valence-electron chi connectivity index (χ4n) is 1.97. The number of Topliss-reactive ketones (excluding diaryl/α,β-unsaturated/α-hetero) is 1. The second-order valence-corrected chi connectivity index (χ2v) is 5.59. The zero-order chi connectivity index (χ0) is 10.1. The Labute approximate surface area is 96.0 Å². The van der Waals surface area contributed by atoms with Crippen LogP contribution in [0.15, 0.2) is 10.7 Å². The quantitative estimate of drug-likeness (QED) is 0.785. The van der Waals surface area contributed by atoms with Crippen LogP contribution in [0.1, 0.15) is 37.0 Å². The van der Waals surface area contributed by atoms with Gasteiger partial charge in [0.25, 0.3) is 0 Å². The zero-order valence-electron chi connectivity index (χ0n) is 8.00. The maximum absolute atomic E-state index is 11.4. The number of hydrogen-bond acceptors (Lipinski definition) is 3. The lowest BCUT2D eigenvalue weighted by Crippen LogP contribution is -2.20. The lowest BCUT2D eigenvalue weighted by molar-refractivity contribution is -0.121. The third kappa shape index (κ3) is 1.91. The van der Waals surface area contributed by atoms with Gasteiger partial charge in [0.1, 0.15) is 5.78 Å². The fourth-order valence-corrected chi connectivity index (χ4v) is 3.58. The maximum Gasteiger partial charge on any atom is 0.133 e. The molecule has 1 aliphatic carbocycles. The van der Waals surface area contributed by atoms with E-state index >= 15 is 0 Å². The summed E-state index contributed by atoms with van der Waals surface area (Å²) in [5.74, 6) is 1.39. The molecule has 2 nitrogen and oxygen atoms in total. The van der Waals surface area contributed by atoms with Gasteiger partial charge in [-0.25, -0.2) is 0 Å². The van der Waals surface area contributed by atoms with Gasteiger partial charge in [-0.2, -0.15) is 4.37 Å². The molecule has 0 aliphatic heterocycles. The minimum absolute atomic E-state index is 0.387. The van der Waals surface area contributed by atoms with Crippen molar-refractivity contribution in [3.05, 3.63) is 15.5 Å². The monoisotopic (exact) mass is 273 g/mol. The van der Waals surface area contributed by atoms with E-state index in [4.69, 9.17) is 0 Å². The molecule has 4 heteroatoms. The summed E-state index contributed by atoms with van der Waals surface area (Å²) in [7, 11) is 0. The van der Waals surface area contributed by atoms with Crippen LogP contribution in [0.3, 0.4) is 0 Å². The minimum atomic E-state index is 0.387. The molecule has 1 aliphatic rings. The molecule has 14 heavy (non-hydrogen) atoms. The Kier molecular flexibility index (Phi) is 3.02. The van der Waals surface area contributed by atoms with Crippen molar-refractivity contribution in [1.29, 1.82) is 0 Å². The van der Waals surface area contributed by atoms with Crippen LogP contribution >= 0.6 is 27.5 Å². The van der Waals surface area contributed by atoms with Gasteiger partial charge in [-0.1, -0.05) is 6.92 Å². The minimum Gasteiger partial charge on any atom is -0.300 e. The molecule has 0 bridgehead atoms. The molecule has 2 rings (SSSR count). The predicted octanol–water partition coefficient (Wildman–Crippen LogP) is 3.38. The Hall–Kier alpha value is -0.220. The van der Waals surface area contributed by atoms with Gasteiger partial charge in [0.05, 0.1) is 10.7 Å². The van der Waals surface area contributed by atoms with E-state index in [1.54, 1.807) is 0 Å². The van der Waals surface area contributed by atoms with Gasteiger partial charge in [-0.3, -0.25) is 4.79 Å².